The van der Waals surface area contributed by atoms with Crippen molar-refractivity contribution < 1.29 is 37.9 Å². The molecule has 0 aromatic carbocycles. The Bertz CT molecular complexity index is 1520. The Morgan fingerprint density at radius 1 is 0.276 bits per heavy atom. The van der Waals surface area contributed by atoms with Crippen LogP contribution in [0.3, 0.4) is 0 Å². The lowest BCUT2D eigenvalue weighted by molar-refractivity contribution is -0.224. The smallest absolute Gasteiger partial charge is 0.162 e. The molecule has 0 aromatic heterocycles. The van der Waals surface area contributed by atoms with Crippen molar-refractivity contribution in [2.45, 2.75) is 340 Å². The van der Waals surface area contributed by atoms with Gasteiger partial charge in [0.05, 0.1) is 45.2 Å². The highest BCUT2D eigenvalue weighted by Gasteiger charge is 2.33. The summed E-state index contributed by atoms with van der Waals surface area (Å²) in [6.45, 7) is 89.5. The van der Waals surface area contributed by atoms with Crippen LogP contribution >= 0.6 is 0 Å². The molecule has 10 fully saturated rings. The lowest BCUT2D eigenvalue weighted by Crippen LogP contribution is -2.51. The molecule has 0 amide bonds. The maximum Gasteiger partial charge on any atom is 0.162 e. The minimum atomic E-state index is 0.00116. The number of rotatable bonds is 0. The maximum absolute atomic E-state index is 5.52. The Morgan fingerprint density at radius 2 is 0.755 bits per heavy atom. The fourth-order valence-electron chi connectivity index (χ4n) is 13.4. The minimum Gasteiger partial charge on any atom is -0.381 e. The van der Waals surface area contributed by atoms with Gasteiger partial charge in [-0.25, -0.2) is 0 Å². The van der Waals surface area contributed by atoms with Crippen LogP contribution in [0.4, 0.5) is 0 Å². The van der Waals surface area contributed by atoms with Gasteiger partial charge in [-0.3, -0.25) is 9.80 Å². The van der Waals surface area contributed by atoms with E-state index in [-0.39, 0.29) is 17.1 Å². The van der Waals surface area contributed by atoms with Crippen LogP contribution in [0.15, 0.2) is 0 Å². The first kappa shape index (κ1) is 95.5. The number of nitrogens with one attached hydrogen (secondary N) is 4. The maximum atomic E-state index is 5.52. The van der Waals surface area contributed by atoms with Crippen molar-refractivity contribution in [2.24, 2.45) is 67.0 Å². The second-order valence-corrected chi connectivity index (χ2v) is 40.6. The first-order chi connectivity index (χ1) is 45.1. The van der Waals surface area contributed by atoms with Gasteiger partial charge in [-0.15, -0.1) is 0 Å². The zero-order valence-electron chi connectivity index (χ0n) is 71.2. The van der Waals surface area contributed by atoms with Gasteiger partial charge in [-0.1, -0.05) is 179 Å². The third-order valence-corrected chi connectivity index (χ3v) is 21.3. The fraction of sp³-hybridized carbons (Fsp3) is 1.00. The summed E-state index contributed by atoms with van der Waals surface area (Å²) in [5, 5.41) is 13.7. The molecule has 10 aliphatic heterocycles. The summed E-state index contributed by atoms with van der Waals surface area (Å²) in [6, 6.07) is 0.751. The van der Waals surface area contributed by atoms with Crippen molar-refractivity contribution in [3.8, 4) is 0 Å². The van der Waals surface area contributed by atoms with Crippen LogP contribution in [-0.4, -0.2) is 184 Å². The highest BCUT2D eigenvalue weighted by atomic mass is 16.7. The van der Waals surface area contributed by atoms with E-state index in [4.69, 9.17) is 37.9 Å². The largest absolute Gasteiger partial charge is 0.381 e. The average Bonchev–Trinajstić information content (AvgIpc) is 1.74. The summed E-state index contributed by atoms with van der Waals surface area (Å²) in [6.07, 6.45) is 20.6. The summed E-state index contributed by atoms with van der Waals surface area (Å²) in [5.41, 5.74) is 3.79. The predicted molar refractivity (Wildman–Crippen MR) is 421 cm³/mol. The van der Waals surface area contributed by atoms with E-state index in [0.29, 0.717) is 75.3 Å². The first-order valence-corrected chi connectivity index (χ1v) is 40.2. The summed E-state index contributed by atoms with van der Waals surface area (Å²) < 4.78 is 42.5. The Kier molecular flexibility index (Phi) is 45.3. The van der Waals surface area contributed by atoms with Gasteiger partial charge < -0.3 is 59.2 Å². The molecule has 14 nitrogen and oxygen atoms in total. The molecule has 5 atom stereocenters. The molecule has 98 heavy (non-hydrogen) atoms. The van der Waals surface area contributed by atoms with Crippen LogP contribution in [0.25, 0.3) is 0 Å². The summed E-state index contributed by atoms with van der Waals surface area (Å²) in [5.74, 6) is 3.17. The molecule has 10 aliphatic rings. The van der Waals surface area contributed by atoms with Crippen molar-refractivity contribution in [2.75, 3.05) is 138 Å². The average molecular weight is 1400 g/mol. The Hall–Kier alpha value is -0.560. The number of ether oxygens (including phenoxy) is 8. The standard InChI is InChI=1S/4C9H19N.C8H18N2.3C8H16O2.2C8H16O/c1-9(2,3)8-4-6-10-7-5-8;1-9(2,3)8-5-4-6-10-7-8;1-9(2,3)10-7-5-4-6-8-10;1-9(2,3)8-6-4-5-7-10-8;1-8(2,3)10-6-4-9-5-7-10;1-8(2,3)7-4-9-6-10-5-7;1-8(2,3)7-4-5-9-6-10-7;1-8(2,3)7-9-5-4-6-10-7;1-8(2,3)7-4-5-9-6-7;1-8(2,3)7-5-4-6-9-7/h2*8,10H,4-7H2,1-3H3;4-8H2,1-3H3;8,10H,4-7H2,1-3H3;9H,4-7H2,1-3H3;3*7H,4-6H2,1-3H3;2*7H,4-6H2,1-3H3. The van der Waals surface area contributed by atoms with Gasteiger partial charge in [0, 0.05) is 74.5 Å². The van der Waals surface area contributed by atoms with E-state index in [1.54, 1.807) is 0 Å². The van der Waals surface area contributed by atoms with E-state index >= 15 is 0 Å². The third kappa shape index (κ3) is 45.1. The van der Waals surface area contributed by atoms with Crippen LogP contribution in [0.2, 0.25) is 0 Å². The molecule has 5 unspecified atom stereocenters. The quantitative estimate of drug-likeness (QED) is 0.184. The van der Waals surface area contributed by atoms with Gasteiger partial charge in [-0.2, -0.15) is 0 Å². The SMILES string of the molecule is CC(C)(C)C1CCCCN1.CC(C)(C)C1CCCNC1.CC(C)(C)C1CCCO1.CC(C)(C)C1CCNCC1.CC(C)(C)C1CCOC1.CC(C)(C)C1CCOCO1.CC(C)(C)C1COCOC1.CC(C)(C)C1OCCCO1.CC(C)(C)N1CCCCC1.CC(C)(C)N1CCNCC1. The summed E-state index contributed by atoms with van der Waals surface area (Å²) in [7, 11) is 0. The molecule has 10 heterocycles. The normalized spacial score (nSPS) is 25.8. The molecule has 0 bridgehead atoms. The van der Waals surface area contributed by atoms with E-state index < -0.39 is 0 Å². The minimum absolute atomic E-state index is 0.00116. The second kappa shape index (κ2) is 46.5. The van der Waals surface area contributed by atoms with E-state index in [1.807, 2.05) is 0 Å². The second-order valence-electron chi connectivity index (χ2n) is 40.6. The lowest BCUT2D eigenvalue weighted by Gasteiger charge is -2.38. The molecule has 0 radical (unpaired) electrons. The molecule has 4 N–H and O–H groups in total. The number of hydrogen-bond acceptors (Lipinski definition) is 14. The summed E-state index contributed by atoms with van der Waals surface area (Å²) >= 11 is 0. The number of piperazine rings is 1. The van der Waals surface area contributed by atoms with Gasteiger partial charge in [0.1, 0.15) is 13.6 Å². The molecule has 0 aliphatic carbocycles. The van der Waals surface area contributed by atoms with Crippen LogP contribution in [0, 0.1) is 67.0 Å². The Morgan fingerprint density at radius 3 is 1.04 bits per heavy atom. The summed E-state index contributed by atoms with van der Waals surface area (Å²) in [4.78, 5) is 5.10. The van der Waals surface area contributed by atoms with Crippen molar-refractivity contribution >= 4 is 0 Å². The molecule has 14 heteroatoms. The number of nitrogens with zero attached hydrogens (tertiary/aromatic N) is 2. The molecule has 0 saturated carbocycles. The molecule has 588 valence electrons. The molecule has 0 spiro atoms. The van der Waals surface area contributed by atoms with Gasteiger partial charge in [-0.05, 0) is 226 Å². The molecular formula is C84H174N6O8. The van der Waals surface area contributed by atoms with Gasteiger partial charge in [0.2, 0.25) is 0 Å². The number of likely N-dealkylation sites (tertiary alicyclic amines) is 1. The van der Waals surface area contributed by atoms with Gasteiger partial charge in [0.25, 0.3) is 0 Å². The monoisotopic (exact) mass is 1400 g/mol. The van der Waals surface area contributed by atoms with Gasteiger partial charge in [0.15, 0.2) is 6.29 Å². The molecule has 10 rings (SSSR count). The molecule has 10 saturated heterocycles. The molecular weight excluding hydrogens is 1220 g/mol. The zero-order valence-corrected chi connectivity index (χ0v) is 71.2. The van der Waals surface area contributed by atoms with Crippen molar-refractivity contribution in [3.63, 3.8) is 0 Å². The van der Waals surface area contributed by atoms with Crippen LogP contribution < -0.4 is 21.3 Å². The topological polar surface area (TPSA) is 128 Å². The highest BCUT2D eigenvalue weighted by Crippen LogP contribution is 2.35. The van der Waals surface area contributed by atoms with E-state index in [9.17, 15) is 0 Å². The molecule has 0 aromatic rings. The van der Waals surface area contributed by atoms with Crippen molar-refractivity contribution in [3.05, 3.63) is 0 Å². The number of piperidine rings is 4. The fourth-order valence-corrected chi connectivity index (χ4v) is 13.4. The van der Waals surface area contributed by atoms with E-state index in [0.717, 1.165) is 103 Å². The van der Waals surface area contributed by atoms with Crippen LogP contribution in [-0.2, 0) is 37.9 Å². The van der Waals surface area contributed by atoms with Crippen LogP contribution in [0.1, 0.15) is 304 Å². The Labute approximate surface area is 611 Å². The van der Waals surface area contributed by atoms with Crippen molar-refractivity contribution in [1.29, 1.82) is 0 Å². The number of hydrogen-bond donors (Lipinski definition) is 4. The first-order valence-electron chi connectivity index (χ1n) is 40.2. The van der Waals surface area contributed by atoms with Crippen molar-refractivity contribution in [1.82, 2.24) is 31.1 Å². The highest BCUT2D eigenvalue weighted by molar-refractivity contribution is 4.86. The van der Waals surface area contributed by atoms with E-state index in [2.05, 4.69) is 239 Å². The lowest BCUT2D eigenvalue weighted by atomic mass is 9.76. The van der Waals surface area contributed by atoms with E-state index in [1.165, 1.54) is 142 Å². The van der Waals surface area contributed by atoms with Crippen LogP contribution in [0.5, 0.6) is 0 Å². The van der Waals surface area contributed by atoms with Gasteiger partial charge >= 0.3 is 0 Å². The third-order valence-electron chi connectivity index (χ3n) is 21.3. The zero-order chi connectivity index (χ0) is 74.7. The Balaban J connectivity index is 0.000000545. The predicted octanol–water partition coefficient (Wildman–Crippen LogP) is 18.7.